The van der Waals surface area contributed by atoms with E-state index >= 15 is 0 Å². The molecule has 0 radical (unpaired) electrons. The summed E-state index contributed by atoms with van der Waals surface area (Å²) < 4.78 is 1.89. The van der Waals surface area contributed by atoms with E-state index in [-0.39, 0.29) is 11.9 Å². The van der Waals surface area contributed by atoms with Crippen molar-refractivity contribution in [2.45, 2.75) is 64.1 Å². The van der Waals surface area contributed by atoms with E-state index in [9.17, 15) is 4.79 Å². The SMILES string of the molecule is CC(Cn1cccn1)NCC(=O)N(C1=CCCCC1)C1CC1. The molecule has 22 heavy (non-hydrogen) atoms. The van der Waals surface area contributed by atoms with Crippen LogP contribution in [0, 0.1) is 0 Å². The molecule has 0 spiro atoms. The minimum Gasteiger partial charge on any atom is -0.312 e. The largest absolute Gasteiger partial charge is 0.312 e. The molecule has 1 fully saturated rings. The summed E-state index contributed by atoms with van der Waals surface area (Å²) in [7, 11) is 0. The number of aromatic nitrogens is 2. The highest BCUT2D eigenvalue weighted by Crippen LogP contribution is 2.33. The predicted molar refractivity (Wildman–Crippen MR) is 86.1 cm³/mol. The quantitative estimate of drug-likeness (QED) is 0.841. The summed E-state index contributed by atoms with van der Waals surface area (Å²) in [6.07, 6.45) is 13.0. The molecule has 1 aromatic heterocycles. The van der Waals surface area contributed by atoms with Gasteiger partial charge in [0.2, 0.25) is 5.91 Å². The summed E-state index contributed by atoms with van der Waals surface area (Å²) in [5.41, 5.74) is 1.26. The summed E-state index contributed by atoms with van der Waals surface area (Å²) in [6, 6.07) is 2.60. The highest BCUT2D eigenvalue weighted by Gasteiger charge is 2.34. The fourth-order valence-corrected chi connectivity index (χ4v) is 3.07. The van der Waals surface area contributed by atoms with Crippen LogP contribution in [0.3, 0.4) is 0 Å². The van der Waals surface area contributed by atoms with Gasteiger partial charge in [-0.05, 0) is 51.5 Å². The number of allylic oxidation sites excluding steroid dienone is 2. The average molecular weight is 302 g/mol. The van der Waals surface area contributed by atoms with Crippen molar-refractivity contribution in [3.05, 3.63) is 30.2 Å². The maximum Gasteiger partial charge on any atom is 0.240 e. The van der Waals surface area contributed by atoms with Gasteiger partial charge in [-0.1, -0.05) is 6.08 Å². The van der Waals surface area contributed by atoms with Crippen molar-refractivity contribution in [2.75, 3.05) is 6.54 Å². The Kier molecular flexibility index (Phi) is 4.93. The second kappa shape index (κ2) is 7.09. The van der Waals surface area contributed by atoms with Crippen LogP contribution in [0.1, 0.15) is 45.4 Å². The molecule has 1 aromatic rings. The van der Waals surface area contributed by atoms with Gasteiger partial charge in [0, 0.05) is 30.2 Å². The van der Waals surface area contributed by atoms with E-state index in [2.05, 4.69) is 28.3 Å². The third kappa shape index (κ3) is 3.97. The molecule has 120 valence electrons. The minimum atomic E-state index is 0.225. The van der Waals surface area contributed by atoms with Crippen molar-refractivity contribution in [3.63, 3.8) is 0 Å². The van der Waals surface area contributed by atoms with Crippen molar-refractivity contribution < 1.29 is 4.79 Å². The monoisotopic (exact) mass is 302 g/mol. The first-order valence-corrected chi connectivity index (χ1v) is 8.46. The van der Waals surface area contributed by atoms with E-state index in [1.54, 1.807) is 6.20 Å². The highest BCUT2D eigenvalue weighted by atomic mass is 16.2. The number of hydrogen-bond donors (Lipinski definition) is 1. The van der Waals surface area contributed by atoms with Crippen LogP contribution in [-0.4, -0.2) is 39.2 Å². The molecule has 5 nitrogen and oxygen atoms in total. The van der Waals surface area contributed by atoms with Gasteiger partial charge >= 0.3 is 0 Å². The number of carbonyl (C=O) groups excluding carboxylic acids is 1. The third-order valence-corrected chi connectivity index (χ3v) is 4.38. The lowest BCUT2D eigenvalue weighted by Crippen LogP contribution is -2.43. The number of nitrogens with zero attached hydrogens (tertiary/aromatic N) is 3. The molecular formula is C17H26N4O. The Morgan fingerprint density at radius 3 is 3.00 bits per heavy atom. The molecule has 1 atom stereocenters. The van der Waals surface area contributed by atoms with Crippen LogP contribution in [0.15, 0.2) is 30.2 Å². The van der Waals surface area contributed by atoms with E-state index in [4.69, 9.17) is 0 Å². The zero-order valence-electron chi connectivity index (χ0n) is 13.4. The lowest BCUT2D eigenvalue weighted by Gasteiger charge is -2.28. The fourth-order valence-electron chi connectivity index (χ4n) is 3.07. The summed E-state index contributed by atoms with van der Waals surface area (Å²) in [5, 5.41) is 7.55. The predicted octanol–water partition coefficient (Wildman–Crippen LogP) is 2.31. The third-order valence-electron chi connectivity index (χ3n) is 4.38. The van der Waals surface area contributed by atoms with Crippen LogP contribution in [0.5, 0.6) is 0 Å². The zero-order chi connectivity index (χ0) is 15.4. The van der Waals surface area contributed by atoms with Crippen LogP contribution < -0.4 is 5.32 Å². The average Bonchev–Trinajstić information content (AvgIpc) is 3.22. The Balaban J connectivity index is 1.52. The lowest BCUT2D eigenvalue weighted by molar-refractivity contribution is -0.129. The van der Waals surface area contributed by atoms with Crippen molar-refractivity contribution >= 4 is 5.91 Å². The second-order valence-corrected chi connectivity index (χ2v) is 6.45. The molecule has 1 unspecified atom stereocenters. The molecule has 1 saturated carbocycles. The summed E-state index contributed by atoms with van der Waals surface area (Å²) >= 11 is 0. The molecule has 0 bridgehead atoms. The molecule has 3 rings (SSSR count). The zero-order valence-corrected chi connectivity index (χ0v) is 13.4. The number of nitrogens with one attached hydrogen (secondary N) is 1. The molecule has 1 heterocycles. The summed E-state index contributed by atoms with van der Waals surface area (Å²) in [6.45, 7) is 3.29. The minimum absolute atomic E-state index is 0.225. The van der Waals surface area contributed by atoms with Crippen molar-refractivity contribution in [1.82, 2.24) is 20.0 Å². The van der Waals surface area contributed by atoms with E-state index < -0.39 is 0 Å². The number of hydrogen-bond acceptors (Lipinski definition) is 3. The highest BCUT2D eigenvalue weighted by molar-refractivity contribution is 5.80. The molecule has 5 heteroatoms. The summed E-state index contributed by atoms with van der Waals surface area (Å²) in [5.74, 6) is 0.225. The first-order valence-electron chi connectivity index (χ1n) is 8.46. The van der Waals surface area contributed by atoms with Gasteiger partial charge in [-0.3, -0.25) is 9.48 Å². The van der Waals surface area contributed by atoms with Gasteiger partial charge in [0.1, 0.15) is 0 Å². The molecule has 2 aliphatic rings. The van der Waals surface area contributed by atoms with Gasteiger partial charge in [-0.15, -0.1) is 0 Å². The maximum absolute atomic E-state index is 12.6. The van der Waals surface area contributed by atoms with Crippen LogP contribution in [0.25, 0.3) is 0 Å². The van der Waals surface area contributed by atoms with Crippen LogP contribution in [-0.2, 0) is 11.3 Å². The van der Waals surface area contributed by atoms with Crippen molar-refractivity contribution in [3.8, 4) is 0 Å². The van der Waals surface area contributed by atoms with Gasteiger partial charge in [0.25, 0.3) is 0 Å². The second-order valence-electron chi connectivity index (χ2n) is 6.45. The smallest absolute Gasteiger partial charge is 0.240 e. The Bertz CT molecular complexity index is 519. The van der Waals surface area contributed by atoms with Gasteiger partial charge in [0.05, 0.1) is 13.1 Å². The topological polar surface area (TPSA) is 50.2 Å². The summed E-state index contributed by atoms with van der Waals surface area (Å²) in [4.78, 5) is 14.7. The lowest BCUT2D eigenvalue weighted by atomic mass is 10.0. The molecule has 1 amide bonds. The van der Waals surface area contributed by atoms with Crippen LogP contribution >= 0.6 is 0 Å². The Labute approximate surface area is 132 Å². The standard InChI is InChI=1S/C17H26N4O/c1-14(13-20-11-5-10-19-20)18-12-17(22)21(16-8-9-16)15-6-3-2-4-7-15/h5-6,10-11,14,16,18H,2-4,7-9,12-13H2,1H3. The fraction of sp³-hybridized carbons (Fsp3) is 0.647. The van der Waals surface area contributed by atoms with Crippen molar-refractivity contribution in [1.29, 1.82) is 0 Å². The van der Waals surface area contributed by atoms with Gasteiger partial charge < -0.3 is 10.2 Å². The van der Waals surface area contributed by atoms with Crippen molar-refractivity contribution in [2.24, 2.45) is 0 Å². The number of rotatable bonds is 7. The van der Waals surface area contributed by atoms with Gasteiger partial charge in [0.15, 0.2) is 0 Å². The van der Waals surface area contributed by atoms with Gasteiger partial charge in [-0.2, -0.15) is 5.10 Å². The first kappa shape index (κ1) is 15.3. The van der Waals surface area contributed by atoms with E-state index in [0.717, 1.165) is 32.2 Å². The Hall–Kier alpha value is -1.62. The number of carbonyl (C=O) groups is 1. The number of amides is 1. The molecule has 0 aliphatic heterocycles. The van der Waals surface area contributed by atoms with Gasteiger partial charge in [-0.25, -0.2) is 0 Å². The normalized spacial score (nSPS) is 19.6. The molecule has 0 aromatic carbocycles. The van der Waals surface area contributed by atoms with Crippen LogP contribution in [0.4, 0.5) is 0 Å². The Morgan fingerprint density at radius 1 is 1.50 bits per heavy atom. The molecule has 0 saturated heterocycles. The Morgan fingerprint density at radius 2 is 2.36 bits per heavy atom. The first-order chi connectivity index (χ1) is 10.7. The van der Waals surface area contributed by atoms with E-state index in [0.29, 0.717) is 12.6 Å². The van der Waals surface area contributed by atoms with E-state index in [1.807, 2.05) is 16.9 Å². The maximum atomic E-state index is 12.6. The van der Waals surface area contributed by atoms with E-state index in [1.165, 1.54) is 18.5 Å². The molecular weight excluding hydrogens is 276 g/mol. The van der Waals surface area contributed by atoms with Crippen LogP contribution in [0.2, 0.25) is 0 Å². The molecule has 1 N–H and O–H groups in total. The molecule has 2 aliphatic carbocycles.